The molecule has 0 atom stereocenters. The molecule has 0 spiro atoms. The molecule has 0 amide bonds. The van der Waals surface area contributed by atoms with E-state index in [2.05, 4.69) is 34.3 Å². The molecule has 1 aromatic carbocycles. The number of aromatic nitrogens is 2. The summed E-state index contributed by atoms with van der Waals surface area (Å²) in [6.07, 6.45) is 2.75. The van der Waals surface area contributed by atoms with Crippen molar-refractivity contribution in [3.05, 3.63) is 46.9 Å². The number of hydrogen-bond acceptors (Lipinski definition) is 3. The molecule has 0 radical (unpaired) electrons. The first kappa shape index (κ1) is 11.9. The van der Waals surface area contributed by atoms with Crippen molar-refractivity contribution in [2.24, 2.45) is 0 Å². The molecule has 1 aromatic heterocycles. The fraction of sp³-hybridized carbons (Fsp3) is 0.231. The van der Waals surface area contributed by atoms with Crippen LogP contribution in [0.4, 0.5) is 11.5 Å². The van der Waals surface area contributed by atoms with Crippen LogP contribution in [0.1, 0.15) is 18.1 Å². The van der Waals surface area contributed by atoms with Crippen molar-refractivity contribution in [1.82, 2.24) is 9.97 Å². The molecule has 0 aliphatic heterocycles. The van der Waals surface area contributed by atoms with Crippen LogP contribution in [0.2, 0.25) is 5.28 Å². The maximum atomic E-state index is 5.77. The van der Waals surface area contributed by atoms with Crippen LogP contribution in [-0.4, -0.2) is 9.97 Å². The van der Waals surface area contributed by atoms with E-state index in [1.165, 1.54) is 5.56 Å². The Balaban J connectivity index is 2.22. The van der Waals surface area contributed by atoms with Gasteiger partial charge in [0, 0.05) is 17.4 Å². The number of anilines is 2. The molecule has 0 saturated heterocycles. The molecule has 0 aliphatic carbocycles. The van der Waals surface area contributed by atoms with E-state index in [9.17, 15) is 0 Å². The lowest BCUT2D eigenvalue weighted by molar-refractivity contribution is 1.12. The van der Waals surface area contributed by atoms with Crippen molar-refractivity contribution in [2.45, 2.75) is 20.3 Å². The Morgan fingerprint density at radius 1 is 1.24 bits per heavy atom. The van der Waals surface area contributed by atoms with E-state index in [-0.39, 0.29) is 5.28 Å². The van der Waals surface area contributed by atoms with Crippen LogP contribution >= 0.6 is 11.6 Å². The van der Waals surface area contributed by atoms with Crippen molar-refractivity contribution in [1.29, 1.82) is 0 Å². The average Bonchev–Trinajstić information content (AvgIpc) is 2.35. The van der Waals surface area contributed by atoms with Crippen molar-refractivity contribution in [3.8, 4) is 0 Å². The van der Waals surface area contributed by atoms with Gasteiger partial charge < -0.3 is 5.32 Å². The number of benzene rings is 1. The third kappa shape index (κ3) is 2.94. The van der Waals surface area contributed by atoms with Crippen molar-refractivity contribution >= 4 is 23.1 Å². The lowest BCUT2D eigenvalue weighted by atomic mass is 10.1. The summed E-state index contributed by atoms with van der Waals surface area (Å²) in [6, 6.07) is 8.27. The predicted octanol–water partition coefficient (Wildman–Crippen LogP) is 3.74. The zero-order chi connectivity index (χ0) is 12.3. The summed E-state index contributed by atoms with van der Waals surface area (Å²) in [4.78, 5) is 8.08. The van der Waals surface area contributed by atoms with Crippen LogP contribution in [-0.2, 0) is 6.42 Å². The van der Waals surface area contributed by atoms with Crippen molar-refractivity contribution < 1.29 is 0 Å². The second kappa shape index (κ2) is 5.15. The van der Waals surface area contributed by atoms with Crippen molar-refractivity contribution in [3.63, 3.8) is 0 Å². The van der Waals surface area contributed by atoms with Gasteiger partial charge in [-0.25, -0.2) is 9.97 Å². The van der Waals surface area contributed by atoms with Gasteiger partial charge in [0.25, 0.3) is 0 Å². The lowest BCUT2D eigenvalue weighted by Crippen LogP contribution is -1.98. The highest BCUT2D eigenvalue weighted by atomic mass is 35.5. The van der Waals surface area contributed by atoms with E-state index in [1.807, 2.05) is 19.1 Å². The minimum absolute atomic E-state index is 0.253. The number of nitrogens with zero attached hydrogens (tertiary/aromatic N) is 2. The summed E-state index contributed by atoms with van der Waals surface area (Å²) in [5.74, 6) is 0.745. The van der Waals surface area contributed by atoms with E-state index in [0.29, 0.717) is 0 Å². The van der Waals surface area contributed by atoms with E-state index >= 15 is 0 Å². The molecule has 2 aromatic rings. The molecular formula is C13H14ClN3. The fourth-order valence-corrected chi connectivity index (χ4v) is 1.64. The number of hydrogen-bond donors (Lipinski definition) is 1. The maximum absolute atomic E-state index is 5.77. The standard InChI is InChI=1S/C13H14ClN3/c1-3-10-4-6-11(7-5-10)16-12-9(2)8-15-13(14)17-12/h4-8H,3H2,1-2H3,(H,15,16,17). The Morgan fingerprint density at radius 2 is 1.94 bits per heavy atom. The van der Waals surface area contributed by atoms with Gasteiger partial charge in [-0.05, 0) is 42.6 Å². The Labute approximate surface area is 106 Å². The molecular weight excluding hydrogens is 234 g/mol. The Morgan fingerprint density at radius 3 is 2.59 bits per heavy atom. The molecule has 0 aliphatic rings. The quantitative estimate of drug-likeness (QED) is 0.840. The maximum Gasteiger partial charge on any atom is 0.224 e. The van der Waals surface area contributed by atoms with Gasteiger partial charge in [0.2, 0.25) is 5.28 Å². The number of halogens is 1. The fourth-order valence-electron chi connectivity index (χ4n) is 1.51. The second-order valence-electron chi connectivity index (χ2n) is 3.85. The minimum Gasteiger partial charge on any atom is -0.340 e. The van der Waals surface area contributed by atoms with Gasteiger partial charge in [-0.1, -0.05) is 19.1 Å². The summed E-state index contributed by atoms with van der Waals surface area (Å²) in [5, 5.41) is 3.48. The van der Waals surface area contributed by atoms with E-state index in [1.54, 1.807) is 6.20 Å². The molecule has 0 unspecified atom stereocenters. The first-order chi connectivity index (χ1) is 8.19. The van der Waals surface area contributed by atoms with Gasteiger partial charge >= 0.3 is 0 Å². The van der Waals surface area contributed by atoms with Crippen LogP contribution in [0.3, 0.4) is 0 Å². The van der Waals surface area contributed by atoms with Gasteiger partial charge in [-0.15, -0.1) is 0 Å². The molecule has 88 valence electrons. The van der Waals surface area contributed by atoms with E-state index < -0.39 is 0 Å². The highest BCUT2D eigenvalue weighted by molar-refractivity contribution is 6.28. The molecule has 0 fully saturated rings. The van der Waals surface area contributed by atoms with Gasteiger partial charge in [-0.2, -0.15) is 0 Å². The predicted molar refractivity (Wildman–Crippen MR) is 70.9 cm³/mol. The molecule has 3 nitrogen and oxygen atoms in total. The number of nitrogens with one attached hydrogen (secondary N) is 1. The highest BCUT2D eigenvalue weighted by Crippen LogP contribution is 2.19. The molecule has 1 heterocycles. The topological polar surface area (TPSA) is 37.8 Å². The van der Waals surface area contributed by atoms with Crippen LogP contribution in [0, 0.1) is 6.92 Å². The Hall–Kier alpha value is -1.61. The molecule has 1 N–H and O–H groups in total. The van der Waals surface area contributed by atoms with Crippen LogP contribution < -0.4 is 5.32 Å². The van der Waals surface area contributed by atoms with E-state index in [4.69, 9.17) is 11.6 Å². The molecule has 4 heteroatoms. The third-order valence-electron chi connectivity index (χ3n) is 2.57. The monoisotopic (exact) mass is 247 g/mol. The second-order valence-corrected chi connectivity index (χ2v) is 4.18. The van der Waals surface area contributed by atoms with Gasteiger partial charge in [0.1, 0.15) is 5.82 Å². The molecule has 0 saturated carbocycles. The Kier molecular flexibility index (Phi) is 3.59. The van der Waals surface area contributed by atoms with Gasteiger partial charge in [0.15, 0.2) is 0 Å². The summed E-state index contributed by atoms with van der Waals surface area (Å²) in [7, 11) is 0. The highest BCUT2D eigenvalue weighted by Gasteiger charge is 2.02. The largest absolute Gasteiger partial charge is 0.340 e. The van der Waals surface area contributed by atoms with Crippen molar-refractivity contribution in [2.75, 3.05) is 5.32 Å². The first-order valence-corrected chi connectivity index (χ1v) is 5.92. The molecule has 0 bridgehead atoms. The summed E-state index contributed by atoms with van der Waals surface area (Å²) >= 11 is 5.77. The molecule has 17 heavy (non-hydrogen) atoms. The summed E-state index contributed by atoms with van der Waals surface area (Å²) in [5.41, 5.74) is 3.28. The zero-order valence-corrected chi connectivity index (χ0v) is 10.6. The first-order valence-electron chi connectivity index (χ1n) is 5.54. The lowest BCUT2D eigenvalue weighted by Gasteiger charge is -2.08. The summed E-state index contributed by atoms with van der Waals surface area (Å²) in [6.45, 7) is 4.08. The SMILES string of the molecule is CCc1ccc(Nc2nc(Cl)ncc2C)cc1. The van der Waals surface area contributed by atoms with Crippen LogP contribution in [0.25, 0.3) is 0 Å². The number of rotatable bonds is 3. The smallest absolute Gasteiger partial charge is 0.224 e. The van der Waals surface area contributed by atoms with Crippen LogP contribution in [0.15, 0.2) is 30.5 Å². The third-order valence-corrected chi connectivity index (χ3v) is 2.75. The van der Waals surface area contributed by atoms with Gasteiger partial charge in [-0.3, -0.25) is 0 Å². The van der Waals surface area contributed by atoms with Crippen LogP contribution in [0.5, 0.6) is 0 Å². The zero-order valence-electron chi connectivity index (χ0n) is 9.87. The van der Waals surface area contributed by atoms with Gasteiger partial charge in [0.05, 0.1) is 0 Å². The molecule has 2 rings (SSSR count). The number of aryl methyl sites for hydroxylation is 2. The minimum atomic E-state index is 0.253. The van der Waals surface area contributed by atoms with E-state index in [0.717, 1.165) is 23.5 Å². The average molecular weight is 248 g/mol. The Bertz CT molecular complexity index is 509. The normalized spacial score (nSPS) is 10.3. The summed E-state index contributed by atoms with van der Waals surface area (Å²) < 4.78 is 0.